The first-order valence-electron chi connectivity index (χ1n) is 5.49. The number of thiophene rings is 1. The maximum atomic E-state index is 11.6. The van der Waals surface area contributed by atoms with Gasteiger partial charge in [0.2, 0.25) is 0 Å². The van der Waals surface area contributed by atoms with Crippen LogP contribution in [0.2, 0.25) is 0 Å². The van der Waals surface area contributed by atoms with Crippen LogP contribution in [0.3, 0.4) is 0 Å². The molecule has 0 saturated heterocycles. The Morgan fingerprint density at radius 1 is 1.37 bits per heavy atom. The average Bonchev–Trinajstić information content (AvgIpc) is 3.14. The van der Waals surface area contributed by atoms with Crippen LogP contribution in [0.4, 0.5) is 0 Å². The highest BCUT2D eigenvalue weighted by Crippen LogP contribution is 2.25. The molecule has 0 aromatic carbocycles. The highest BCUT2D eigenvalue weighted by atomic mass is 32.1. The van der Waals surface area contributed by atoms with Crippen LogP contribution in [0, 0.1) is 0 Å². The van der Waals surface area contributed by atoms with Gasteiger partial charge in [0, 0.05) is 16.3 Å². The van der Waals surface area contributed by atoms with Crippen molar-refractivity contribution in [2.75, 3.05) is 0 Å². The van der Waals surface area contributed by atoms with E-state index in [4.69, 9.17) is 9.15 Å². The van der Waals surface area contributed by atoms with E-state index in [1.807, 2.05) is 22.2 Å². The number of carbonyl (C=O) groups is 1. The van der Waals surface area contributed by atoms with Crippen molar-refractivity contribution in [1.29, 1.82) is 0 Å². The molecule has 0 aliphatic heterocycles. The normalized spacial score (nSPS) is 10.5. The number of ether oxygens (including phenoxy) is 1. The molecule has 0 N–H and O–H groups in total. The highest BCUT2D eigenvalue weighted by Gasteiger charge is 2.10. The number of nitrogens with zero attached hydrogens (tertiary/aromatic N) is 1. The Balaban J connectivity index is 1.63. The molecule has 4 nitrogen and oxygen atoms in total. The number of esters is 1. The third-order valence-electron chi connectivity index (χ3n) is 2.43. The van der Waals surface area contributed by atoms with Gasteiger partial charge in [0.05, 0.1) is 17.5 Å². The number of thiazole rings is 1. The summed E-state index contributed by atoms with van der Waals surface area (Å²) in [6.07, 6.45) is 2.80. The van der Waals surface area contributed by atoms with E-state index in [-0.39, 0.29) is 6.61 Å². The molecule has 0 unspecified atom stereocenters. The SMILES string of the molecule is O=C(OCc1csc(-c2ccsc2)n1)c1ccoc1. The predicted molar refractivity (Wildman–Crippen MR) is 73.3 cm³/mol. The summed E-state index contributed by atoms with van der Waals surface area (Å²) in [4.78, 5) is 16.0. The lowest BCUT2D eigenvalue weighted by atomic mass is 10.3. The third-order valence-corrected chi connectivity index (χ3v) is 4.05. The van der Waals surface area contributed by atoms with Gasteiger partial charge >= 0.3 is 5.97 Å². The zero-order valence-corrected chi connectivity index (χ0v) is 11.4. The maximum Gasteiger partial charge on any atom is 0.341 e. The fraction of sp³-hybridized carbons (Fsp3) is 0.0769. The molecule has 6 heteroatoms. The minimum atomic E-state index is -0.404. The minimum absolute atomic E-state index is 0.171. The first kappa shape index (κ1) is 12.1. The molecular formula is C13H9NO3S2. The van der Waals surface area contributed by atoms with Gasteiger partial charge in [-0.25, -0.2) is 9.78 Å². The minimum Gasteiger partial charge on any atom is -0.472 e. The monoisotopic (exact) mass is 291 g/mol. The Morgan fingerprint density at radius 2 is 2.32 bits per heavy atom. The smallest absolute Gasteiger partial charge is 0.341 e. The zero-order chi connectivity index (χ0) is 13.1. The molecule has 96 valence electrons. The van der Waals surface area contributed by atoms with Crippen LogP contribution in [-0.2, 0) is 11.3 Å². The summed E-state index contributed by atoms with van der Waals surface area (Å²) < 4.78 is 9.98. The Bertz CT molecular complexity index is 656. The Labute approximate surface area is 117 Å². The second-order valence-corrected chi connectivity index (χ2v) is 5.38. The maximum absolute atomic E-state index is 11.6. The number of aromatic nitrogens is 1. The summed E-state index contributed by atoms with van der Waals surface area (Å²) in [6, 6.07) is 3.59. The lowest BCUT2D eigenvalue weighted by Gasteiger charge is -1.99. The Hall–Kier alpha value is -1.92. The second-order valence-electron chi connectivity index (χ2n) is 3.74. The van der Waals surface area contributed by atoms with E-state index in [0.717, 1.165) is 16.3 Å². The molecule has 0 spiro atoms. The van der Waals surface area contributed by atoms with Crippen LogP contribution in [0.15, 0.2) is 45.2 Å². The molecule has 0 radical (unpaired) electrons. The Kier molecular flexibility index (Phi) is 3.43. The van der Waals surface area contributed by atoms with Gasteiger partial charge in [-0.2, -0.15) is 11.3 Å². The standard InChI is InChI=1S/C13H9NO3S2/c15-13(9-1-3-16-5-9)17-6-11-8-19-12(14-11)10-2-4-18-7-10/h1-5,7-8H,6H2. The summed E-state index contributed by atoms with van der Waals surface area (Å²) in [5, 5.41) is 6.89. The molecule has 19 heavy (non-hydrogen) atoms. The summed E-state index contributed by atoms with van der Waals surface area (Å²) in [7, 11) is 0. The van der Waals surface area contributed by atoms with Gasteiger partial charge in [0.25, 0.3) is 0 Å². The molecule has 0 fully saturated rings. The molecule has 0 aliphatic rings. The topological polar surface area (TPSA) is 52.3 Å². The van der Waals surface area contributed by atoms with E-state index in [0.29, 0.717) is 5.56 Å². The van der Waals surface area contributed by atoms with Gasteiger partial charge in [-0.15, -0.1) is 11.3 Å². The van der Waals surface area contributed by atoms with Crippen LogP contribution in [0.5, 0.6) is 0 Å². The molecule has 0 amide bonds. The summed E-state index contributed by atoms with van der Waals surface area (Å²) in [6.45, 7) is 0.171. The van der Waals surface area contributed by atoms with Gasteiger partial charge in [-0.3, -0.25) is 0 Å². The predicted octanol–water partition coefficient (Wildman–Crippen LogP) is 3.82. The number of hydrogen-bond acceptors (Lipinski definition) is 6. The summed E-state index contributed by atoms with van der Waals surface area (Å²) in [5.41, 5.74) is 2.26. The lowest BCUT2D eigenvalue weighted by molar-refractivity contribution is 0.0467. The van der Waals surface area contributed by atoms with Crippen LogP contribution in [-0.4, -0.2) is 11.0 Å². The van der Waals surface area contributed by atoms with E-state index in [2.05, 4.69) is 4.98 Å². The van der Waals surface area contributed by atoms with Gasteiger partial charge < -0.3 is 9.15 Å². The molecule has 3 aromatic heterocycles. The molecule has 0 saturated carbocycles. The van der Waals surface area contributed by atoms with Crippen molar-refractivity contribution in [3.05, 3.63) is 52.1 Å². The van der Waals surface area contributed by atoms with Gasteiger partial charge in [-0.05, 0) is 17.5 Å². The number of carbonyl (C=O) groups excluding carboxylic acids is 1. The van der Waals surface area contributed by atoms with Crippen molar-refractivity contribution in [3.8, 4) is 10.6 Å². The van der Waals surface area contributed by atoms with Gasteiger partial charge in [0.1, 0.15) is 17.9 Å². The average molecular weight is 291 g/mol. The first-order chi connectivity index (χ1) is 9.33. The molecule has 0 bridgehead atoms. The van der Waals surface area contributed by atoms with Crippen LogP contribution >= 0.6 is 22.7 Å². The van der Waals surface area contributed by atoms with Crippen molar-refractivity contribution in [3.63, 3.8) is 0 Å². The van der Waals surface area contributed by atoms with E-state index in [9.17, 15) is 4.79 Å². The molecule has 3 heterocycles. The molecule has 0 atom stereocenters. The largest absolute Gasteiger partial charge is 0.472 e. The number of rotatable bonds is 4. The third kappa shape index (κ3) is 2.74. The van der Waals surface area contributed by atoms with Gasteiger partial charge in [0.15, 0.2) is 0 Å². The van der Waals surface area contributed by atoms with Crippen molar-refractivity contribution < 1.29 is 13.9 Å². The van der Waals surface area contributed by atoms with Crippen molar-refractivity contribution in [1.82, 2.24) is 4.98 Å². The fourth-order valence-electron chi connectivity index (χ4n) is 1.50. The van der Waals surface area contributed by atoms with E-state index in [1.54, 1.807) is 28.7 Å². The molecule has 3 rings (SSSR count). The number of hydrogen-bond donors (Lipinski definition) is 0. The summed E-state index contributed by atoms with van der Waals surface area (Å²) in [5.74, 6) is -0.404. The first-order valence-corrected chi connectivity index (χ1v) is 7.31. The Morgan fingerprint density at radius 3 is 3.05 bits per heavy atom. The molecule has 0 aliphatic carbocycles. The lowest BCUT2D eigenvalue weighted by Crippen LogP contribution is -2.03. The van der Waals surface area contributed by atoms with Crippen molar-refractivity contribution in [2.24, 2.45) is 0 Å². The number of furan rings is 1. The van der Waals surface area contributed by atoms with Crippen molar-refractivity contribution in [2.45, 2.75) is 6.61 Å². The summed E-state index contributed by atoms with van der Waals surface area (Å²) >= 11 is 3.17. The highest BCUT2D eigenvalue weighted by molar-refractivity contribution is 7.14. The second kappa shape index (κ2) is 5.38. The van der Waals surface area contributed by atoms with Crippen LogP contribution in [0.25, 0.3) is 10.6 Å². The van der Waals surface area contributed by atoms with Crippen LogP contribution in [0.1, 0.15) is 16.1 Å². The zero-order valence-electron chi connectivity index (χ0n) is 9.74. The van der Waals surface area contributed by atoms with Crippen LogP contribution < -0.4 is 0 Å². The molecular weight excluding hydrogens is 282 g/mol. The van der Waals surface area contributed by atoms with E-state index < -0.39 is 5.97 Å². The van der Waals surface area contributed by atoms with Crippen molar-refractivity contribution >= 4 is 28.6 Å². The molecule has 3 aromatic rings. The van der Waals surface area contributed by atoms with E-state index >= 15 is 0 Å². The van der Waals surface area contributed by atoms with Gasteiger partial charge in [-0.1, -0.05) is 0 Å². The fourth-order valence-corrected chi connectivity index (χ4v) is 3.01. The van der Waals surface area contributed by atoms with E-state index in [1.165, 1.54) is 12.5 Å². The quantitative estimate of drug-likeness (QED) is 0.686.